The Balaban J connectivity index is 1.55. The molecule has 0 spiro atoms. The van der Waals surface area contributed by atoms with E-state index in [1.807, 2.05) is 6.92 Å². The number of benzene rings is 2. The van der Waals surface area contributed by atoms with Gasteiger partial charge in [-0.3, -0.25) is 4.18 Å². The molecule has 1 aliphatic carbocycles. The van der Waals surface area contributed by atoms with Gasteiger partial charge in [0.25, 0.3) is 10.1 Å². The van der Waals surface area contributed by atoms with Gasteiger partial charge in [0.05, 0.1) is 22.6 Å². The number of rotatable bonds is 5. The van der Waals surface area contributed by atoms with E-state index in [9.17, 15) is 8.42 Å². The van der Waals surface area contributed by atoms with Crippen molar-refractivity contribution < 1.29 is 17.3 Å². The van der Waals surface area contributed by atoms with Crippen LogP contribution in [-0.4, -0.2) is 20.6 Å². The van der Waals surface area contributed by atoms with E-state index in [1.165, 1.54) is 0 Å². The normalized spacial score (nSPS) is 20.0. The quantitative estimate of drug-likeness (QED) is 0.779. The second-order valence-electron chi connectivity index (χ2n) is 5.84. The maximum absolute atomic E-state index is 12.2. The SMILES string of the molecule is Cc1ccc(S(=O)(=O)OC2CC(Oc3cccc(C#N)c3)C2)cc1. The molecule has 0 unspecified atom stereocenters. The molecule has 0 amide bonds. The van der Waals surface area contributed by atoms with Crippen LogP contribution >= 0.6 is 0 Å². The fourth-order valence-corrected chi connectivity index (χ4v) is 3.56. The number of ether oxygens (including phenoxy) is 1. The van der Waals surface area contributed by atoms with E-state index < -0.39 is 10.1 Å². The molecule has 3 rings (SSSR count). The zero-order chi connectivity index (χ0) is 17.2. The molecule has 6 heteroatoms. The Morgan fingerprint density at radius 1 is 1.08 bits per heavy atom. The first kappa shape index (κ1) is 16.5. The second-order valence-corrected chi connectivity index (χ2v) is 7.41. The van der Waals surface area contributed by atoms with Gasteiger partial charge in [-0.1, -0.05) is 23.8 Å². The van der Waals surface area contributed by atoms with Gasteiger partial charge >= 0.3 is 0 Å². The summed E-state index contributed by atoms with van der Waals surface area (Å²) in [6.45, 7) is 1.90. The Morgan fingerprint density at radius 3 is 2.46 bits per heavy atom. The van der Waals surface area contributed by atoms with Gasteiger partial charge in [0.2, 0.25) is 0 Å². The Bertz CT molecular complexity index is 863. The summed E-state index contributed by atoms with van der Waals surface area (Å²) in [7, 11) is -3.74. The Hall–Kier alpha value is -2.36. The van der Waals surface area contributed by atoms with Crippen molar-refractivity contribution in [2.45, 2.75) is 36.9 Å². The first-order valence-corrected chi connectivity index (χ1v) is 9.04. The third kappa shape index (κ3) is 3.75. The molecule has 0 aliphatic heterocycles. The average molecular weight is 343 g/mol. The van der Waals surface area contributed by atoms with Crippen LogP contribution in [0.2, 0.25) is 0 Å². The predicted octanol–water partition coefficient (Wildman–Crippen LogP) is 3.18. The minimum Gasteiger partial charge on any atom is -0.490 e. The van der Waals surface area contributed by atoms with Crippen LogP contribution < -0.4 is 4.74 Å². The van der Waals surface area contributed by atoms with E-state index >= 15 is 0 Å². The number of hydrogen-bond acceptors (Lipinski definition) is 5. The van der Waals surface area contributed by atoms with Gasteiger partial charge in [-0.05, 0) is 37.3 Å². The largest absolute Gasteiger partial charge is 0.490 e. The van der Waals surface area contributed by atoms with E-state index in [-0.39, 0.29) is 17.1 Å². The lowest BCUT2D eigenvalue weighted by Crippen LogP contribution is -2.40. The van der Waals surface area contributed by atoms with Crippen molar-refractivity contribution in [3.8, 4) is 11.8 Å². The Kier molecular flexibility index (Phi) is 4.56. The zero-order valence-corrected chi connectivity index (χ0v) is 14.0. The summed E-state index contributed by atoms with van der Waals surface area (Å²) >= 11 is 0. The lowest BCUT2D eigenvalue weighted by atomic mass is 9.92. The maximum Gasteiger partial charge on any atom is 0.297 e. The molecule has 0 radical (unpaired) electrons. The molecule has 0 aromatic heterocycles. The van der Waals surface area contributed by atoms with Crippen LogP contribution in [0.25, 0.3) is 0 Å². The van der Waals surface area contributed by atoms with Crippen LogP contribution in [0, 0.1) is 18.3 Å². The van der Waals surface area contributed by atoms with Gasteiger partial charge in [0.1, 0.15) is 11.9 Å². The summed E-state index contributed by atoms with van der Waals surface area (Å²) in [5, 5.41) is 8.87. The molecule has 2 aromatic rings. The fourth-order valence-electron chi connectivity index (χ4n) is 2.46. The number of nitrogens with zero attached hydrogens (tertiary/aromatic N) is 1. The molecule has 0 saturated heterocycles. The molecule has 1 saturated carbocycles. The minimum atomic E-state index is -3.74. The van der Waals surface area contributed by atoms with Gasteiger partial charge in [0, 0.05) is 12.8 Å². The van der Waals surface area contributed by atoms with Gasteiger partial charge in [0.15, 0.2) is 0 Å². The lowest BCUT2D eigenvalue weighted by Gasteiger charge is -2.34. The number of nitriles is 1. The smallest absolute Gasteiger partial charge is 0.297 e. The van der Waals surface area contributed by atoms with Crippen LogP contribution in [-0.2, 0) is 14.3 Å². The van der Waals surface area contributed by atoms with Gasteiger partial charge < -0.3 is 4.74 Å². The minimum absolute atomic E-state index is 0.0999. The Labute approximate surface area is 141 Å². The van der Waals surface area contributed by atoms with Crippen LogP contribution in [0.3, 0.4) is 0 Å². The highest BCUT2D eigenvalue weighted by molar-refractivity contribution is 7.86. The molecule has 0 atom stereocenters. The summed E-state index contributed by atoms with van der Waals surface area (Å²) in [5.74, 6) is 0.610. The van der Waals surface area contributed by atoms with Gasteiger partial charge in [-0.2, -0.15) is 13.7 Å². The van der Waals surface area contributed by atoms with Gasteiger partial charge in [-0.25, -0.2) is 0 Å². The van der Waals surface area contributed by atoms with E-state index in [1.54, 1.807) is 48.5 Å². The monoisotopic (exact) mass is 343 g/mol. The summed E-state index contributed by atoms with van der Waals surface area (Å²) < 4.78 is 35.4. The van der Waals surface area contributed by atoms with Gasteiger partial charge in [-0.15, -0.1) is 0 Å². The van der Waals surface area contributed by atoms with E-state index in [0.29, 0.717) is 24.2 Å². The van der Waals surface area contributed by atoms with E-state index in [0.717, 1.165) is 5.56 Å². The molecule has 24 heavy (non-hydrogen) atoms. The van der Waals surface area contributed by atoms with E-state index in [4.69, 9.17) is 14.2 Å². The standard InChI is InChI=1S/C18H17NO4S/c1-13-5-7-18(8-6-13)24(20,21)23-17-10-16(11-17)22-15-4-2-3-14(9-15)12-19/h2-9,16-17H,10-11H2,1H3. The zero-order valence-electron chi connectivity index (χ0n) is 13.2. The molecule has 0 heterocycles. The van der Waals surface area contributed by atoms with Crippen molar-refractivity contribution in [1.29, 1.82) is 5.26 Å². The molecule has 1 aliphatic rings. The number of hydrogen-bond donors (Lipinski definition) is 0. The van der Waals surface area contributed by atoms with Crippen molar-refractivity contribution >= 4 is 10.1 Å². The Morgan fingerprint density at radius 2 is 1.79 bits per heavy atom. The molecule has 5 nitrogen and oxygen atoms in total. The molecule has 0 bridgehead atoms. The predicted molar refractivity (Wildman–Crippen MR) is 88.0 cm³/mol. The first-order valence-electron chi connectivity index (χ1n) is 7.63. The summed E-state index contributed by atoms with van der Waals surface area (Å²) in [6, 6.07) is 15.5. The highest BCUT2D eigenvalue weighted by Crippen LogP contribution is 2.31. The van der Waals surface area contributed by atoms with Crippen LogP contribution in [0.4, 0.5) is 0 Å². The van der Waals surface area contributed by atoms with Crippen LogP contribution in [0.1, 0.15) is 24.0 Å². The summed E-state index contributed by atoms with van der Waals surface area (Å²) in [5.41, 5.74) is 1.52. The summed E-state index contributed by atoms with van der Waals surface area (Å²) in [6.07, 6.45) is 0.529. The molecular formula is C18H17NO4S. The lowest BCUT2D eigenvalue weighted by molar-refractivity contribution is 0.00832. The van der Waals surface area contributed by atoms with Crippen molar-refractivity contribution in [3.63, 3.8) is 0 Å². The topological polar surface area (TPSA) is 76.4 Å². The second kappa shape index (κ2) is 6.63. The molecule has 1 fully saturated rings. The van der Waals surface area contributed by atoms with Crippen molar-refractivity contribution in [3.05, 3.63) is 59.7 Å². The van der Waals surface area contributed by atoms with Crippen LogP contribution in [0.5, 0.6) is 5.75 Å². The molecular weight excluding hydrogens is 326 g/mol. The number of aryl methyl sites for hydroxylation is 1. The highest BCUT2D eigenvalue weighted by Gasteiger charge is 2.35. The molecule has 2 aromatic carbocycles. The first-order chi connectivity index (χ1) is 11.5. The van der Waals surface area contributed by atoms with Crippen LogP contribution in [0.15, 0.2) is 53.4 Å². The summed E-state index contributed by atoms with van der Waals surface area (Å²) in [4.78, 5) is 0.166. The third-order valence-electron chi connectivity index (χ3n) is 3.89. The van der Waals surface area contributed by atoms with Crippen molar-refractivity contribution in [1.82, 2.24) is 0 Å². The molecule has 124 valence electrons. The third-order valence-corrected chi connectivity index (χ3v) is 5.26. The van der Waals surface area contributed by atoms with E-state index in [2.05, 4.69) is 6.07 Å². The van der Waals surface area contributed by atoms with Crippen molar-refractivity contribution in [2.24, 2.45) is 0 Å². The highest BCUT2D eigenvalue weighted by atomic mass is 32.2. The molecule has 0 N–H and O–H groups in total. The average Bonchev–Trinajstić information content (AvgIpc) is 2.53. The maximum atomic E-state index is 12.2. The van der Waals surface area contributed by atoms with Crippen molar-refractivity contribution in [2.75, 3.05) is 0 Å². The fraction of sp³-hybridized carbons (Fsp3) is 0.278.